The standard InChI is InChI=1S/C19H17ClN8O/c1-12-7-13(2)28(24-12)18-6-3-14(9-21-18)10-22-19(29)16-8-15(20)4-5-17(16)27-11-23-25-26-27/h3-9,11H,10H2,1-2H3,(H,22,29). The molecule has 9 nitrogen and oxygen atoms in total. The molecule has 0 aliphatic carbocycles. The van der Waals surface area contributed by atoms with Crippen molar-refractivity contribution in [3.8, 4) is 11.5 Å². The molecule has 29 heavy (non-hydrogen) atoms. The maximum atomic E-state index is 12.7. The molecule has 1 N–H and O–H groups in total. The Hall–Kier alpha value is -3.59. The van der Waals surface area contributed by atoms with Gasteiger partial charge in [0, 0.05) is 23.5 Å². The summed E-state index contributed by atoms with van der Waals surface area (Å²) in [5.74, 6) is 0.433. The number of hydrogen-bond donors (Lipinski definition) is 1. The van der Waals surface area contributed by atoms with Crippen molar-refractivity contribution in [1.29, 1.82) is 0 Å². The lowest BCUT2D eigenvalue weighted by atomic mass is 10.1. The third-order valence-corrected chi connectivity index (χ3v) is 4.52. The molecule has 1 aromatic carbocycles. The second-order valence-electron chi connectivity index (χ2n) is 6.46. The molecule has 146 valence electrons. The number of nitrogens with zero attached hydrogens (tertiary/aromatic N) is 7. The molecule has 4 aromatic rings. The number of hydrogen-bond acceptors (Lipinski definition) is 6. The normalized spacial score (nSPS) is 10.9. The van der Waals surface area contributed by atoms with Crippen LogP contribution in [0.2, 0.25) is 5.02 Å². The maximum absolute atomic E-state index is 12.7. The number of aryl methyl sites for hydroxylation is 2. The number of nitrogens with one attached hydrogen (secondary N) is 1. The van der Waals surface area contributed by atoms with Gasteiger partial charge in [-0.25, -0.2) is 9.67 Å². The summed E-state index contributed by atoms with van der Waals surface area (Å²) in [7, 11) is 0. The lowest BCUT2D eigenvalue weighted by Gasteiger charge is -2.10. The van der Waals surface area contributed by atoms with Gasteiger partial charge in [0.05, 0.1) is 16.9 Å². The van der Waals surface area contributed by atoms with Gasteiger partial charge < -0.3 is 5.32 Å². The van der Waals surface area contributed by atoms with E-state index in [1.165, 1.54) is 11.0 Å². The Morgan fingerprint density at radius 1 is 1.17 bits per heavy atom. The van der Waals surface area contributed by atoms with Gasteiger partial charge in [-0.3, -0.25) is 4.79 Å². The van der Waals surface area contributed by atoms with E-state index in [0.717, 1.165) is 22.8 Å². The second-order valence-corrected chi connectivity index (χ2v) is 6.90. The monoisotopic (exact) mass is 408 g/mol. The zero-order valence-corrected chi connectivity index (χ0v) is 16.5. The summed E-state index contributed by atoms with van der Waals surface area (Å²) < 4.78 is 3.19. The first kappa shape index (κ1) is 18.8. The highest BCUT2D eigenvalue weighted by atomic mass is 35.5. The summed E-state index contributed by atoms with van der Waals surface area (Å²) in [5.41, 5.74) is 3.70. The second kappa shape index (κ2) is 7.80. The van der Waals surface area contributed by atoms with E-state index < -0.39 is 0 Å². The van der Waals surface area contributed by atoms with Crippen LogP contribution in [0.25, 0.3) is 11.5 Å². The number of carbonyl (C=O) groups is 1. The Kier molecular flexibility index (Phi) is 5.05. The Bertz CT molecular complexity index is 1150. The van der Waals surface area contributed by atoms with E-state index in [0.29, 0.717) is 22.8 Å². The third-order valence-electron chi connectivity index (χ3n) is 4.29. The van der Waals surface area contributed by atoms with Crippen LogP contribution in [0.5, 0.6) is 0 Å². The van der Waals surface area contributed by atoms with Crippen molar-refractivity contribution >= 4 is 17.5 Å². The van der Waals surface area contributed by atoms with Gasteiger partial charge in [-0.05, 0) is 60.2 Å². The highest BCUT2D eigenvalue weighted by Crippen LogP contribution is 2.19. The minimum Gasteiger partial charge on any atom is -0.348 e. The van der Waals surface area contributed by atoms with Crippen LogP contribution < -0.4 is 5.32 Å². The first-order valence-electron chi connectivity index (χ1n) is 8.81. The van der Waals surface area contributed by atoms with Crippen molar-refractivity contribution in [1.82, 2.24) is 40.3 Å². The highest BCUT2D eigenvalue weighted by Gasteiger charge is 2.15. The molecule has 0 fully saturated rings. The number of rotatable bonds is 5. The van der Waals surface area contributed by atoms with Gasteiger partial charge in [0.15, 0.2) is 5.82 Å². The number of benzene rings is 1. The van der Waals surface area contributed by atoms with Crippen molar-refractivity contribution in [2.24, 2.45) is 0 Å². The molecule has 0 aliphatic rings. The average molecular weight is 409 g/mol. The van der Waals surface area contributed by atoms with Crippen molar-refractivity contribution in [3.63, 3.8) is 0 Å². The van der Waals surface area contributed by atoms with Gasteiger partial charge in [0.2, 0.25) is 0 Å². The minimum atomic E-state index is -0.291. The summed E-state index contributed by atoms with van der Waals surface area (Å²) in [6.07, 6.45) is 3.13. The molecule has 0 radical (unpaired) electrons. The summed E-state index contributed by atoms with van der Waals surface area (Å²) in [5, 5.41) is 18.8. The van der Waals surface area contributed by atoms with Crippen LogP contribution in [0.4, 0.5) is 0 Å². The van der Waals surface area contributed by atoms with E-state index >= 15 is 0 Å². The summed E-state index contributed by atoms with van der Waals surface area (Å²) in [4.78, 5) is 17.2. The molecular formula is C19H17ClN8O. The predicted molar refractivity (Wildman–Crippen MR) is 106 cm³/mol. The quantitative estimate of drug-likeness (QED) is 0.544. The molecule has 3 heterocycles. The number of carbonyl (C=O) groups excluding carboxylic acids is 1. The predicted octanol–water partition coefficient (Wildman–Crippen LogP) is 2.44. The number of pyridine rings is 1. The van der Waals surface area contributed by atoms with Crippen LogP contribution in [0.15, 0.2) is 48.9 Å². The zero-order valence-electron chi connectivity index (χ0n) is 15.7. The fraction of sp³-hybridized carbons (Fsp3) is 0.158. The van der Waals surface area contributed by atoms with Gasteiger partial charge >= 0.3 is 0 Å². The summed E-state index contributed by atoms with van der Waals surface area (Å²) >= 11 is 6.07. The van der Waals surface area contributed by atoms with E-state index in [2.05, 4.69) is 30.9 Å². The molecule has 0 unspecified atom stereocenters. The van der Waals surface area contributed by atoms with Gasteiger partial charge in [-0.2, -0.15) is 9.78 Å². The van der Waals surface area contributed by atoms with E-state index in [1.807, 2.05) is 32.0 Å². The van der Waals surface area contributed by atoms with Crippen molar-refractivity contribution in [2.75, 3.05) is 0 Å². The lowest BCUT2D eigenvalue weighted by Crippen LogP contribution is -2.24. The number of tetrazole rings is 1. The molecule has 3 aromatic heterocycles. The number of halogens is 1. The highest BCUT2D eigenvalue weighted by molar-refractivity contribution is 6.31. The molecule has 0 spiro atoms. The maximum Gasteiger partial charge on any atom is 0.253 e. The van der Waals surface area contributed by atoms with Gasteiger partial charge in [-0.1, -0.05) is 17.7 Å². The fourth-order valence-electron chi connectivity index (χ4n) is 2.95. The summed E-state index contributed by atoms with van der Waals surface area (Å²) in [6, 6.07) is 10.7. The van der Waals surface area contributed by atoms with Crippen molar-refractivity contribution in [2.45, 2.75) is 20.4 Å². The first-order chi connectivity index (χ1) is 14.0. The Morgan fingerprint density at radius 2 is 2.03 bits per heavy atom. The minimum absolute atomic E-state index is 0.291. The fourth-order valence-corrected chi connectivity index (χ4v) is 3.12. The van der Waals surface area contributed by atoms with Crippen molar-refractivity contribution < 1.29 is 4.79 Å². The summed E-state index contributed by atoms with van der Waals surface area (Å²) in [6.45, 7) is 4.22. The van der Waals surface area contributed by atoms with Crippen LogP contribution in [-0.4, -0.2) is 40.9 Å². The first-order valence-corrected chi connectivity index (χ1v) is 9.19. The third kappa shape index (κ3) is 3.99. The molecule has 4 rings (SSSR count). The molecule has 10 heteroatoms. The van der Waals surface area contributed by atoms with Gasteiger partial charge in [0.1, 0.15) is 6.33 Å². The van der Waals surface area contributed by atoms with E-state index in [1.54, 1.807) is 29.1 Å². The van der Waals surface area contributed by atoms with Crippen LogP contribution >= 0.6 is 11.6 Å². The Balaban J connectivity index is 1.49. The molecule has 0 atom stereocenters. The average Bonchev–Trinajstić information content (AvgIpc) is 3.36. The molecule has 0 saturated heterocycles. The SMILES string of the molecule is Cc1cc(C)n(-c2ccc(CNC(=O)c3cc(Cl)ccc3-n3cnnn3)cn2)n1. The molecule has 0 aliphatic heterocycles. The lowest BCUT2D eigenvalue weighted by molar-refractivity contribution is 0.0950. The van der Waals surface area contributed by atoms with Crippen molar-refractivity contribution in [3.05, 3.63) is 76.5 Å². The molecular weight excluding hydrogens is 392 g/mol. The molecule has 0 saturated carbocycles. The Labute approximate surface area is 171 Å². The van der Waals surface area contributed by atoms with Crippen LogP contribution in [0.3, 0.4) is 0 Å². The van der Waals surface area contributed by atoms with E-state index in [4.69, 9.17) is 11.6 Å². The van der Waals surface area contributed by atoms with Crippen LogP contribution in [-0.2, 0) is 6.54 Å². The topological polar surface area (TPSA) is 103 Å². The number of amides is 1. The van der Waals surface area contributed by atoms with Gasteiger partial charge in [0.25, 0.3) is 5.91 Å². The Morgan fingerprint density at radius 3 is 2.69 bits per heavy atom. The zero-order chi connectivity index (χ0) is 20.4. The smallest absolute Gasteiger partial charge is 0.253 e. The molecule has 1 amide bonds. The molecule has 0 bridgehead atoms. The van der Waals surface area contributed by atoms with Crippen LogP contribution in [0.1, 0.15) is 27.3 Å². The van der Waals surface area contributed by atoms with Crippen LogP contribution in [0, 0.1) is 13.8 Å². The van der Waals surface area contributed by atoms with E-state index in [-0.39, 0.29) is 5.91 Å². The van der Waals surface area contributed by atoms with E-state index in [9.17, 15) is 4.79 Å². The largest absolute Gasteiger partial charge is 0.348 e. The van der Waals surface area contributed by atoms with Gasteiger partial charge in [-0.15, -0.1) is 5.10 Å². The number of aromatic nitrogens is 7.